The Kier molecular flexibility index (Phi) is 6.86. The molecule has 0 saturated carbocycles. The van der Waals surface area contributed by atoms with E-state index in [1.807, 2.05) is 50.2 Å². The summed E-state index contributed by atoms with van der Waals surface area (Å²) in [6.45, 7) is 3.81. The smallest absolute Gasteiger partial charge is 0.321 e. The quantitative estimate of drug-likeness (QED) is 0.639. The van der Waals surface area contributed by atoms with Crippen LogP contribution in [0.15, 0.2) is 48.8 Å². The van der Waals surface area contributed by atoms with Crippen LogP contribution < -0.4 is 5.32 Å². The van der Waals surface area contributed by atoms with Crippen molar-refractivity contribution in [3.05, 3.63) is 54.4 Å². The van der Waals surface area contributed by atoms with E-state index in [1.54, 1.807) is 12.4 Å². The van der Waals surface area contributed by atoms with Crippen LogP contribution in [0.3, 0.4) is 0 Å². The van der Waals surface area contributed by atoms with Crippen LogP contribution in [0, 0.1) is 5.92 Å². The maximum Gasteiger partial charge on any atom is 0.321 e. The Labute approximate surface area is 152 Å². The van der Waals surface area contributed by atoms with Gasteiger partial charge in [0.2, 0.25) is 0 Å². The average molecular weight is 356 g/mol. The Morgan fingerprint density at radius 2 is 1.65 bits per heavy atom. The summed E-state index contributed by atoms with van der Waals surface area (Å²) < 4.78 is 0. The van der Waals surface area contributed by atoms with Crippen molar-refractivity contribution in [2.45, 2.75) is 38.8 Å². The zero-order valence-corrected chi connectivity index (χ0v) is 14.9. The summed E-state index contributed by atoms with van der Waals surface area (Å²) in [5.74, 6) is -1.94. The van der Waals surface area contributed by atoms with Gasteiger partial charge in [-0.3, -0.25) is 19.9 Å². The average Bonchev–Trinajstić information content (AvgIpc) is 2.61. The molecule has 1 aromatic carbocycles. The first-order valence-corrected chi connectivity index (χ1v) is 8.57. The van der Waals surface area contributed by atoms with Gasteiger partial charge in [0.05, 0.1) is 0 Å². The van der Waals surface area contributed by atoms with Crippen molar-refractivity contribution >= 4 is 11.9 Å². The Morgan fingerprint density at radius 3 is 2.15 bits per heavy atom. The van der Waals surface area contributed by atoms with Crippen molar-refractivity contribution in [3.8, 4) is 11.1 Å². The number of carboxylic acid groups (broad SMARTS) is 2. The van der Waals surface area contributed by atoms with Gasteiger partial charge >= 0.3 is 11.9 Å². The number of nitrogens with zero attached hydrogens (tertiary/aromatic N) is 1. The van der Waals surface area contributed by atoms with E-state index < -0.39 is 24.0 Å². The van der Waals surface area contributed by atoms with Crippen molar-refractivity contribution in [1.29, 1.82) is 0 Å². The molecule has 0 aliphatic rings. The van der Waals surface area contributed by atoms with Crippen LogP contribution in [0.1, 0.15) is 25.8 Å². The zero-order valence-electron chi connectivity index (χ0n) is 14.9. The number of carboxylic acids is 2. The minimum absolute atomic E-state index is 0.150. The molecule has 3 N–H and O–H groups in total. The van der Waals surface area contributed by atoms with Crippen LogP contribution in [0.5, 0.6) is 0 Å². The molecule has 0 radical (unpaired) electrons. The molecule has 2 rings (SSSR count). The maximum atomic E-state index is 11.6. The zero-order chi connectivity index (χ0) is 19.1. The Balaban J connectivity index is 2.09. The second-order valence-corrected chi connectivity index (χ2v) is 6.72. The van der Waals surface area contributed by atoms with E-state index in [9.17, 15) is 19.8 Å². The predicted molar refractivity (Wildman–Crippen MR) is 98.8 cm³/mol. The summed E-state index contributed by atoms with van der Waals surface area (Å²) in [4.78, 5) is 27.0. The van der Waals surface area contributed by atoms with Gasteiger partial charge < -0.3 is 10.2 Å². The van der Waals surface area contributed by atoms with E-state index in [4.69, 9.17) is 0 Å². The number of hydrogen-bond acceptors (Lipinski definition) is 4. The lowest BCUT2D eigenvalue weighted by molar-refractivity contribution is -0.142. The fraction of sp³-hybridized carbons (Fsp3) is 0.350. The number of pyridine rings is 1. The third-order valence-corrected chi connectivity index (χ3v) is 4.09. The SMILES string of the molecule is CC(C)C[C@H](NC(Cc1ccc(-c2cccnc2)cc1)C(=O)O)C(=O)O. The van der Waals surface area contributed by atoms with Crippen LogP contribution in [-0.4, -0.2) is 39.2 Å². The second kappa shape index (κ2) is 9.10. The highest BCUT2D eigenvalue weighted by atomic mass is 16.4. The fourth-order valence-electron chi connectivity index (χ4n) is 2.77. The molecule has 1 unspecified atom stereocenters. The number of nitrogens with one attached hydrogen (secondary N) is 1. The number of rotatable bonds is 9. The lowest BCUT2D eigenvalue weighted by Gasteiger charge is -2.21. The molecule has 0 amide bonds. The summed E-state index contributed by atoms with van der Waals surface area (Å²) in [5, 5.41) is 21.6. The fourth-order valence-corrected chi connectivity index (χ4v) is 2.77. The van der Waals surface area contributed by atoms with Crippen molar-refractivity contribution < 1.29 is 19.8 Å². The number of hydrogen-bond donors (Lipinski definition) is 3. The molecule has 0 saturated heterocycles. The summed E-state index contributed by atoms with van der Waals surface area (Å²) in [7, 11) is 0. The first kappa shape index (κ1) is 19.6. The van der Waals surface area contributed by atoms with Gasteiger partial charge in [0, 0.05) is 12.4 Å². The van der Waals surface area contributed by atoms with Gasteiger partial charge in [0.25, 0.3) is 0 Å². The van der Waals surface area contributed by atoms with E-state index in [1.165, 1.54) is 0 Å². The van der Waals surface area contributed by atoms with Crippen LogP contribution in [-0.2, 0) is 16.0 Å². The molecular formula is C20H24N2O4. The van der Waals surface area contributed by atoms with E-state index in [0.29, 0.717) is 6.42 Å². The van der Waals surface area contributed by atoms with Crippen molar-refractivity contribution in [2.75, 3.05) is 0 Å². The summed E-state index contributed by atoms with van der Waals surface area (Å²) in [6, 6.07) is 9.50. The molecule has 0 bridgehead atoms. The Morgan fingerprint density at radius 1 is 1.00 bits per heavy atom. The molecule has 138 valence electrons. The van der Waals surface area contributed by atoms with Crippen molar-refractivity contribution in [3.63, 3.8) is 0 Å². The van der Waals surface area contributed by atoms with Gasteiger partial charge in [-0.25, -0.2) is 0 Å². The van der Waals surface area contributed by atoms with Crippen LogP contribution in [0.4, 0.5) is 0 Å². The predicted octanol–water partition coefficient (Wildman–Crippen LogP) is 2.83. The van der Waals surface area contributed by atoms with Crippen molar-refractivity contribution in [1.82, 2.24) is 10.3 Å². The molecule has 2 aromatic rings. The molecule has 2 atom stereocenters. The first-order chi connectivity index (χ1) is 12.4. The maximum absolute atomic E-state index is 11.6. The van der Waals surface area contributed by atoms with Crippen LogP contribution >= 0.6 is 0 Å². The molecule has 0 aliphatic heterocycles. The number of aromatic nitrogens is 1. The topological polar surface area (TPSA) is 99.5 Å². The number of carbonyl (C=O) groups is 2. The largest absolute Gasteiger partial charge is 0.480 e. The monoisotopic (exact) mass is 356 g/mol. The second-order valence-electron chi connectivity index (χ2n) is 6.72. The van der Waals surface area contributed by atoms with Gasteiger partial charge in [-0.2, -0.15) is 0 Å². The molecule has 0 fully saturated rings. The van der Waals surface area contributed by atoms with Crippen molar-refractivity contribution in [2.24, 2.45) is 5.92 Å². The molecule has 0 spiro atoms. The highest BCUT2D eigenvalue weighted by Gasteiger charge is 2.26. The molecule has 26 heavy (non-hydrogen) atoms. The molecule has 0 aliphatic carbocycles. The van der Waals surface area contributed by atoms with E-state index in [2.05, 4.69) is 10.3 Å². The molecule has 6 nitrogen and oxygen atoms in total. The highest BCUT2D eigenvalue weighted by Crippen LogP contribution is 2.19. The normalized spacial score (nSPS) is 13.3. The lowest BCUT2D eigenvalue weighted by Crippen LogP contribution is -2.48. The molecule has 1 heterocycles. The van der Waals surface area contributed by atoms with E-state index >= 15 is 0 Å². The molecule has 1 aromatic heterocycles. The summed E-state index contributed by atoms with van der Waals surface area (Å²) in [6.07, 6.45) is 4.06. The molecular weight excluding hydrogens is 332 g/mol. The number of aliphatic carboxylic acids is 2. The summed E-state index contributed by atoms with van der Waals surface area (Å²) >= 11 is 0. The summed E-state index contributed by atoms with van der Waals surface area (Å²) in [5.41, 5.74) is 2.80. The highest BCUT2D eigenvalue weighted by molar-refractivity contribution is 5.77. The van der Waals surface area contributed by atoms with Gasteiger partial charge in [-0.15, -0.1) is 0 Å². The third kappa shape index (κ3) is 5.67. The van der Waals surface area contributed by atoms with Crippen LogP contribution in [0.2, 0.25) is 0 Å². The first-order valence-electron chi connectivity index (χ1n) is 8.57. The van der Waals surface area contributed by atoms with E-state index in [0.717, 1.165) is 16.7 Å². The Hall–Kier alpha value is -2.73. The van der Waals surface area contributed by atoms with Gasteiger partial charge in [0.1, 0.15) is 12.1 Å². The third-order valence-electron chi connectivity index (χ3n) is 4.09. The standard InChI is InChI=1S/C20H24N2O4/c1-13(2)10-17(19(23)24)22-18(20(25)26)11-14-5-7-15(8-6-14)16-4-3-9-21-12-16/h3-9,12-13,17-18,22H,10-11H2,1-2H3,(H,23,24)(H,25,26)/t17-,18?/m0/s1. The van der Waals surface area contributed by atoms with Crippen LogP contribution in [0.25, 0.3) is 11.1 Å². The minimum atomic E-state index is -1.06. The minimum Gasteiger partial charge on any atom is -0.480 e. The number of benzene rings is 1. The Bertz CT molecular complexity index is 729. The van der Waals surface area contributed by atoms with Gasteiger partial charge in [0.15, 0.2) is 0 Å². The lowest BCUT2D eigenvalue weighted by atomic mass is 9.99. The van der Waals surface area contributed by atoms with Gasteiger partial charge in [-0.1, -0.05) is 44.2 Å². The molecule has 6 heteroatoms. The van der Waals surface area contributed by atoms with E-state index in [-0.39, 0.29) is 12.3 Å². The van der Waals surface area contributed by atoms with Gasteiger partial charge in [-0.05, 0) is 41.5 Å².